The van der Waals surface area contributed by atoms with Gasteiger partial charge in [0.25, 0.3) is 0 Å². The molecule has 0 amide bonds. The first-order valence-electron chi connectivity index (χ1n) is 5.32. The molecule has 1 rings (SSSR count). The van der Waals surface area contributed by atoms with Gasteiger partial charge in [-0.15, -0.1) is 0 Å². The van der Waals surface area contributed by atoms with Crippen LogP contribution in [0.15, 0.2) is 18.2 Å². The van der Waals surface area contributed by atoms with Gasteiger partial charge in [-0.1, -0.05) is 17.7 Å². The summed E-state index contributed by atoms with van der Waals surface area (Å²) in [5.41, 5.74) is 0.990. The van der Waals surface area contributed by atoms with E-state index < -0.39 is 0 Å². The molecule has 1 aromatic carbocycles. The Morgan fingerprint density at radius 1 is 1.50 bits per heavy atom. The molecule has 0 bridgehead atoms. The molecule has 0 saturated carbocycles. The quantitative estimate of drug-likeness (QED) is 0.778. The van der Waals surface area contributed by atoms with Gasteiger partial charge in [-0.05, 0) is 37.6 Å². The Bertz CT molecular complexity index is 333. The van der Waals surface area contributed by atoms with E-state index in [1.165, 1.54) is 6.07 Å². The predicted octanol–water partition coefficient (Wildman–Crippen LogP) is 3.17. The molecule has 0 aliphatic rings. The Hall–Kier alpha value is -0.640. The van der Waals surface area contributed by atoms with Crippen LogP contribution in [0.2, 0.25) is 5.02 Å². The maximum Gasteiger partial charge on any atom is 0.141 e. The zero-order valence-electron chi connectivity index (χ0n) is 9.59. The van der Waals surface area contributed by atoms with Crippen molar-refractivity contribution in [2.45, 2.75) is 19.4 Å². The Morgan fingerprint density at radius 2 is 2.25 bits per heavy atom. The lowest BCUT2D eigenvalue weighted by molar-refractivity contribution is 0.193. The monoisotopic (exact) mass is 245 g/mol. The highest BCUT2D eigenvalue weighted by molar-refractivity contribution is 6.30. The average molecular weight is 246 g/mol. The van der Waals surface area contributed by atoms with Crippen LogP contribution in [-0.4, -0.2) is 20.3 Å². The smallest absolute Gasteiger partial charge is 0.141 e. The second-order valence-corrected chi connectivity index (χ2v) is 4.10. The third-order valence-electron chi connectivity index (χ3n) is 2.42. The second kappa shape index (κ2) is 6.84. The highest BCUT2D eigenvalue weighted by atomic mass is 35.5. The molecule has 1 unspecified atom stereocenters. The molecule has 0 fully saturated rings. The summed E-state index contributed by atoms with van der Waals surface area (Å²) in [5.74, 6) is -0.378. The number of methoxy groups -OCH3 is 1. The molecule has 0 aromatic heterocycles. The first-order chi connectivity index (χ1) is 7.65. The van der Waals surface area contributed by atoms with Crippen molar-refractivity contribution in [1.29, 1.82) is 0 Å². The third kappa shape index (κ3) is 4.08. The van der Waals surface area contributed by atoms with Gasteiger partial charge in [0.05, 0.1) is 5.02 Å². The number of nitrogens with one attached hydrogen (secondary N) is 1. The van der Waals surface area contributed by atoms with Crippen molar-refractivity contribution in [2.24, 2.45) is 0 Å². The van der Waals surface area contributed by atoms with Gasteiger partial charge in [0.15, 0.2) is 0 Å². The topological polar surface area (TPSA) is 21.3 Å². The molecule has 0 heterocycles. The molecule has 0 spiro atoms. The van der Waals surface area contributed by atoms with Crippen LogP contribution in [0, 0.1) is 5.82 Å². The van der Waals surface area contributed by atoms with E-state index in [1.54, 1.807) is 19.2 Å². The summed E-state index contributed by atoms with van der Waals surface area (Å²) in [6, 6.07) is 4.96. The van der Waals surface area contributed by atoms with E-state index in [0.29, 0.717) is 0 Å². The molecule has 0 aliphatic heterocycles. The zero-order valence-corrected chi connectivity index (χ0v) is 10.4. The van der Waals surface area contributed by atoms with Gasteiger partial charge < -0.3 is 10.1 Å². The van der Waals surface area contributed by atoms with Crippen molar-refractivity contribution < 1.29 is 9.13 Å². The van der Waals surface area contributed by atoms with E-state index in [-0.39, 0.29) is 16.9 Å². The number of halogens is 2. The summed E-state index contributed by atoms with van der Waals surface area (Å²) in [5, 5.41) is 3.49. The molecular formula is C12H17ClFNO. The normalized spacial score (nSPS) is 12.8. The van der Waals surface area contributed by atoms with Gasteiger partial charge in [-0.3, -0.25) is 0 Å². The van der Waals surface area contributed by atoms with Gasteiger partial charge in [0.2, 0.25) is 0 Å². The minimum absolute atomic E-state index is 0.162. The Morgan fingerprint density at radius 3 is 2.88 bits per heavy atom. The van der Waals surface area contributed by atoms with E-state index in [0.717, 1.165) is 25.1 Å². The summed E-state index contributed by atoms with van der Waals surface area (Å²) in [6.45, 7) is 3.63. The summed E-state index contributed by atoms with van der Waals surface area (Å²) in [7, 11) is 1.68. The Balaban J connectivity index is 2.46. The summed E-state index contributed by atoms with van der Waals surface area (Å²) >= 11 is 5.72. The number of ether oxygens (including phenoxy) is 1. The number of rotatable bonds is 6. The number of hydrogen-bond donors (Lipinski definition) is 1. The van der Waals surface area contributed by atoms with Gasteiger partial charge in [-0.2, -0.15) is 0 Å². The fraction of sp³-hybridized carbons (Fsp3) is 0.500. The third-order valence-corrected chi connectivity index (χ3v) is 2.71. The lowest BCUT2D eigenvalue weighted by Gasteiger charge is -2.14. The first kappa shape index (κ1) is 13.4. The lowest BCUT2D eigenvalue weighted by Crippen LogP contribution is -2.20. The molecule has 4 heteroatoms. The van der Waals surface area contributed by atoms with Crippen LogP contribution in [0.4, 0.5) is 4.39 Å². The van der Waals surface area contributed by atoms with E-state index in [1.807, 2.05) is 6.92 Å². The molecule has 0 radical (unpaired) electrons. The largest absolute Gasteiger partial charge is 0.385 e. The molecule has 16 heavy (non-hydrogen) atoms. The van der Waals surface area contributed by atoms with Crippen LogP contribution in [0.3, 0.4) is 0 Å². The minimum Gasteiger partial charge on any atom is -0.385 e. The number of hydrogen-bond acceptors (Lipinski definition) is 2. The summed E-state index contributed by atoms with van der Waals surface area (Å²) in [6.07, 6.45) is 0.954. The van der Waals surface area contributed by atoms with E-state index in [4.69, 9.17) is 16.3 Å². The molecule has 1 aromatic rings. The van der Waals surface area contributed by atoms with E-state index >= 15 is 0 Å². The molecule has 0 aliphatic carbocycles. The highest BCUT2D eigenvalue weighted by Crippen LogP contribution is 2.20. The van der Waals surface area contributed by atoms with Crippen LogP contribution in [-0.2, 0) is 4.74 Å². The molecule has 2 nitrogen and oxygen atoms in total. The van der Waals surface area contributed by atoms with Crippen LogP contribution < -0.4 is 5.32 Å². The Labute approximate surface area is 101 Å². The SMILES string of the molecule is COCCCNC(C)c1ccc(F)c(Cl)c1. The number of benzene rings is 1. The average Bonchev–Trinajstić information content (AvgIpc) is 2.28. The maximum absolute atomic E-state index is 12.9. The summed E-state index contributed by atoms with van der Waals surface area (Å²) < 4.78 is 17.9. The zero-order chi connectivity index (χ0) is 12.0. The Kier molecular flexibility index (Phi) is 5.74. The van der Waals surface area contributed by atoms with Crippen LogP contribution in [0.25, 0.3) is 0 Å². The predicted molar refractivity (Wildman–Crippen MR) is 64.3 cm³/mol. The first-order valence-corrected chi connectivity index (χ1v) is 5.70. The van der Waals surface area contributed by atoms with Gasteiger partial charge in [0.1, 0.15) is 5.82 Å². The van der Waals surface area contributed by atoms with Crippen molar-refractivity contribution in [1.82, 2.24) is 5.32 Å². The minimum atomic E-state index is -0.378. The van der Waals surface area contributed by atoms with Crippen molar-refractivity contribution in [3.05, 3.63) is 34.6 Å². The van der Waals surface area contributed by atoms with Crippen LogP contribution in [0.1, 0.15) is 24.9 Å². The molecule has 90 valence electrons. The molecule has 1 atom stereocenters. The van der Waals surface area contributed by atoms with Crippen molar-refractivity contribution in [3.8, 4) is 0 Å². The maximum atomic E-state index is 12.9. The molecule has 0 saturated heterocycles. The second-order valence-electron chi connectivity index (χ2n) is 3.70. The van der Waals surface area contributed by atoms with Crippen LogP contribution >= 0.6 is 11.6 Å². The lowest BCUT2D eigenvalue weighted by atomic mass is 10.1. The van der Waals surface area contributed by atoms with Crippen LogP contribution in [0.5, 0.6) is 0 Å². The van der Waals surface area contributed by atoms with Crippen molar-refractivity contribution >= 4 is 11.6 Å². The van der Waals surface area contributed by atoms with Crippen molar-refractivity contribution in [2.75, 3.05) is 20.3 Å². The van der Waals surface area contributed by atoms with Crippen molar-refractivity contribution in [3.63, 3.8) is 0 Å². The summed E-state index contributed by atoms with van der Waals surface area (Å²) in [4.78, 5) is 0. The molecule has 1 N–H and O–H groups in total. The fourth-order valence-corrected chi connectivity index (χ4v) is 1.62. The van der Waals surface area contributed by atoms with Gasteiger partial charge in [-0.25, -0.2) is 4.39 Å². The molecular weight excluding hydrogens is 229 g/mol. The fourth-order valence-electron chi connectivity index (χ4n) is 1.43. The standard InChI is InChI=1S/C12H17ClFNO/c1-9(15-6-3-7-16-2)10-4-5-12(14)11(13)8-10/h4-5,8-9,15H,3,6-7H2,1-2H3. The van der Waals surface area contributed by atoms with E-state index in [2.05, 4.69) is 5.32 Å². The highest BCUT2D eigenvalue weighted by Gasteiger charge is 2.07. The van der Waals surface area contributed by atoms with E-state index in [9.17, 15) is 4.39 Å². The van der Waals surface area contributed by atoms with Gasteiger partial charge >= 0.3 is 0 Å². The van der Waals surface area contributed by atoms with Gasteiger partial charge in [0, 0.05) is 19.8 Å².